The van der Waals surface area contributed by atoms with Gasteiger partial charge in [0, 0.05) is 24.0 Å². The Morgan fingerprint density at radius 1 is 1.33 bits per heavy atom. The van der Waals surface area contributed by atoms with Crippen molar-refractivity contribution in [1.29, 1.82) is 0 Å². The summed E-state index contributed by atoms with van der Waals surface area (Å²) in [5, 5.41) is 0.706. The van der Waals surface area contributed by atoms with Gasteiger partial charge in [0.25, 0.3) is 10.2 Å². The van der Waals surface area contributed by atoms with Crippen LogP contribution in [0, 0.1) is 5.92 Å². The second-order valence-corrected chi connectivity index (χ2v) is 8.06. The third kappa shape index (κ3) is 3.26. The van der Waals surface area contributed by atoms with E-state index in [2.05, 4.69) is 27.6 Å². The lowest BCUT2D eigenvalue weighted by molar-refractivity contribution is 0.237. The van der Waals surface area contributed by atoms with Crippen LogP contribution in [0.4, 0.5) is 0 Å². The zero-order valence-corrected chi connectivity index (χ0v) is 13.4. The smallest absolute Gasteiger partial charge is 0.195 e. The molecule has 0 aromatic heterocycles. The van der Waals surface area contributed by atoms with Gasteiger partial charge in [0.15, 0.2) is 0 Å². The van der Waals surface area contributed by atoms with Crippen LogP contribution in [-0.2, 0) is 10.2 Å². The summed E-state index contributed by atoms with van der Waals surface area (Å²) >= 11 is 3.51. The predicted molar refractivity (Wildman–Crippen MR) is 77.0 cm³/mol. The second-order valence-electron chi connectivity index (χ2n) is 5.83. The topological polar surface area (TPSA) is 49.4 Å². The first-order valence-electron chi connectivity index (χ1n) is 6.82. The van der Waals surface area contributed by atoms with Gasteiger partial charge in [-0.05, 0) is 31.6 Å². The lowest BCUT2D eigenvalue weighted by Gasteiger charge is -2.40. The van der Waals surface area contributed by atoms with Gasteiger partial charge >= 0.3 is 0 Å². The summed E-state index contributed by atoms with van der Waals surface area (Å²) in [5.74, 6) is 0.595. The predicted octanol–water partition coefficient (Wildman–Crippen LogP) is 2.26. The summed E-state index contributed by atoms with van der Waals surface area (Å²) in [6, 6.07) is 0. The van der Waals surface area contributed by atoms with Crippen molar-refractivity contribution in [3.05, 3.63) is 0 Å². The highest BCUT2D eigenvalue weighted by Crippen LogP contribution is 2.34. The molecule has 1 N–H and O–H groups in total. The normalized spacial score (nSPS) is 34.9. The van der Waals surface area contributed by atoms with Crippen LogP contribution in [0.2, 0.25) is 0 Å². The van der Waals surface area contributed by atoms with E-state index < -0.39 is 10.2 Å². The first kappa shape index (κ1) is 14.8. The minimum atomic E-state index is -3.30. The Balaban J connectivity index is 2.09. The van der Waals surface area contributed by atoms with Crippen LogP contribution in [0.25, 0.3) is 0 Å². The fraction of sp³-hybridized carbons (Fsp3) is 1.00. The number of nitrogens with one attached hydrogen (secondary N) is 1. The zero-order valence-electron chi connectivity index (χ0n) is 11.0. The summed E-state index contributed by atoms with van der Waals surface area (Å²) in [6.07, 6.45) is 6.16. The number of halogens is 1. The van der Waals surface area contributed by atoms with E-state index in [1.165, 1.54) is 6.42 Å². The van der Waals surface area contributed by atoms with E-state index >= 15 is 0 Å². The number of nitrogens with zero attached hydrogens (tertiary/aromatic N) is 1. The van der Waals surface area contributed by atoms with Crippen molar-refractivity contribution in [2.45, 2.75) is 51.0 Å². The number of rotatable bonds is 4. The molecule has 4 nitrogen and oxygen atoms in total. The van der Waals surface area contributed by atoms with Crippen molar-refractivity contribution >= 4 is 26.1 Å². The highest BCUT2D eigenvalue weighted by atomic mass is 79.9. The molecule has 0 radical (unpaired) electrons. The molecule has 1 aliphatic heterocycles. The van der Waals surface area contributed by atoms with E-state index in [0.29, 0.717) is 24.3 Å². The molecule has 0 aromatic carbocycles. The maximum absolute atomic E-state index is 12.4. The van der Waals surface area contributed by atoms with Gasteiger partial charge in [-0.3, -0.25) is 0 Å². The van der Waals surface area contributed by atoms with Gasteiger partial charge in [0.05, 0.1) is 0 Å². The SMILES string of the molecule is CC1CCCC(CBr)(NS(=O)(=O)N2CCCC2)C1. The number of hydrogen-bond donors (Lipinski definition) is 1. The second kappa shape index (κ2) is 5.77. The van der Waals surface area contributed by atoms with Crippen molar-refractivity contribution in [3.63, 3.8) is 0 Å². The molecule has 1 aliphatic carbocycles. The van der Waals surface area contributed by atoms with Gasteiger partial charge < -0.3 is 0 Å². The maximum Gasteiger partial charge on any atom is 0.279 e. The molecule has 1 saturated carbocycles. The van der Waals surface area contributed by atoms with Crippen LogP contribution in [0.1, 0.15) is 45.4 Å². The quantitative estimate of drug-likeness (QED) is 0.799. The Kier molecular flexibility index (Phi) is 4.73. The molecule has 18 heavy (non-hydrogen) atoms. The van der Waals surface area contributed by atoms with Crippen LogP contribution in [0.5, 0.6) is 0 Å². The van der Waals surface area contributed by atoms with E-state index in [0.717, 1.165) is 32.1 Å². The van der Waals surface area contributed by atoms with Crippen LogP contribution >= 0.6 is 15.9 Å². The fourth-order valence-electron chi connectivity index (χ4n) is 3.17. The Bertz CT molecular complexity index is 382. The summed E-state index contributed by atoms with van der Waals surface area (Å²) < 4.78 is 29.3. The molecule has 106 valence electrons. The van der Waals surface area contributed by atoms with Crippen molar-refractivity contribution in [2.75, 3.05) is 18.4 Å². The van der Waals surface area contributed by atoms with Gasteiger partial charge in [-0.25, -0.2) is 0 Å². The Hall–Kier alpha value is 0.350. The molecule has 1 heterocycles. The Morgan fingerprint density at radius 3 is 2.56 bits per heavy atom. The number of hydrogen-bond acceptors (Lipinski definition) is 2. The van der Waals surface area contributed by atoms with Crippen molar-refractivity contribution in [1.82, 2.24) is 9.03 Å². The van der Waals surface area contributed by atoms with E-state index in [1.54, 1.807) is 4.31 Å². The summed E-state index contributed by atoms with van der Waals surface area (Å²) in [4.78, 5) is 0. The minimum absolute atomic E-state index is 0.279. The average molecular weight is 339 g/mol. The van der Waals surface area contributed by atoms with Crippen LogP contribution in [-0.4, -0.2) is 36.7 Å². The average Bonchev–Trinajstić information content (AvgIpc) is 2.82. The van der Waals surface area contributed by atoms with E-state index in [9.17, 15) is 8.42 Å². The Morgan fingerprint density at radius 2 is 2.00 bits per heavy atom. The summed E-state index contributed by atoms with van der Waals surface area (Å²) in [6.45, 7) is 3.55. The lowest BCUT2D eigenvalue weighted by atomic mass is 9.78. The third-order valence-corrected chi connectivity index (χ3v) is 6.91. The van der Waals surface area contributed by atoms with Crippen LogP contribution in [0.3, 0.4) is 0 Å². The molecule has 0 bridgehead atoms. The molecule has 2 unspecified atom stereocenters. The van der Waals surface area contributed by atoms with Crippen LogP contribution < -0.4 is 4.72 Å². The molecule has 2 fully saturated rings. The molecule has 2 rings (SSSR count). The molecule has 2 atom stereocenters. The molecular weight excluding hydrogens is 316 g/mol. The maximum atomic E-state index is 12.4. The van der Waals surface area contributed by atoms with Crippen LogP contribution in [0.15, 0.2) is 0 Å². The molecule has 0 aromatic rings. The van der Waals surface area contributed by atoms with Gasteiger partial charge in [0.2, 0.25) is 0 Å². The highest BCUT2D eigenvalue weighted by Gasteiger charge is 2.39. The summed E-state index contributed by atoms with van der Waals surface area (Å²) in [7, 11) is -3.30. The largest absolute Gasteiger partial charge is 0.279 e. The molecule has 0 amide bonds. The highest BCUT2D eigenvalue weighted by molar-refractivity contribution is 9.09. The first-order valence-corrected chi connectivity index (χ1v) is 9.39. The monoisotopic (exact) mass is 338 g/mol. The molecule has 1 saturated heterocycles. The molecule has 2 aliphatic rings. The third-order valence-electron chi connectivity index (χ3n) is 4.10. The van der Waals surface area contributed by atoms with Gasteiger partial charge in [-0.2, -0.15) is 17.4 Å². The molecular formula is C12H23BrN2O2S. The van der Waals surface area contributed by atoms with Crippen molar-refractivity contribution < 1.29 is 8.42 Å². The van der Waals surface area contributed by atoms with E-state index in [1.807, 2.05) is 0 Å². The number of alkyl halides is 1. The van der Waals surface area contributed by atoms with E-state index in [4.69, 9.17) is 0 Å². The van der Waals surface area contributed by atoms with E-state index in [-0.39, 0.29) is 5.54 Å². The lowest BCUT2D eigenvalue weighted by Crippen LogP contribution is -2.56. The fourth-order valence-corrected chi connectivity index (χ4v) is 5.68. The van der Waals surface area contributed by atoms with Crippen molar-refractivity contribution in [2.24, 2.45) is 5.92 Å². The minimum Gasteiger partial charge on any atom is -0.195 e. The zero-order chi connectivity index (χ0) is 13.2. The summed E-state index contributed by atoms with van der Waals surface area (Å²) in [5.41, 5.74) is -0.279. The van der Waals surface area contributed by atoms with Gasteiger partial charge in [-0.15, -0.1) is 0 Å². The molecule has 6 heteroatoms. The Labute approximate surface area is 119 Å². The standard InChI is InChI=1S/C12H23BrN2O2S/c1-11-5-4-6-12(9-11,10-13)14-18(16,17)15-7-2-3-8-15/h11,14H,2-10H2,1H3. The van der Waals surface area contributed by atoms with Crippen molar-refractivity contribution in [3.8, 4) is 0 Å². The molecule has 0 spiro atoms. The van der Waals surface area contributed by atoms with Gasteiger partial charge in [-0.1, -0.05) is 35.7 Å². The first-order chi connectivity index (χ1) is 8.47. The van der Waals surface area contributed by atoms with Gasteiger partial charge in [0.1, 0.15) is 0 Å².